The van der Waals surface area contributed by atoms with Gasteiger partial charge < -0.3 is 14.9 Å². The molecule has 136 valence electrons. The number of carbonyl (C=O) groups excluding carboxylic acids is 2. The van der Waals surface area contributed by atoms with Gasteiger partial charge in [-0.05, 0) is 25.2 Å². The van der Waals surface area contributed by atoms with Crippen molar-refractivity contribution in [3.8, 4) is 0 Å². The zero-order valence-corrected chi connectivity index (χ0v) is 13.2. The largest absolute Gasteiger partial charge is 0.481 e. The van der Waals surface area contributed by atoms with Crippen LogP contribution in [0.4, 0.5) is 13.2 Å². The molecule has 0 unspecified atom stereocenters. The van der Waals surface area contributed by atoms with Crippen LogP contribution in [-0.2, 0) is 14.4 Å². The zero-order valence-electron chi connectivity index (χ0n) is 13.2. The number of carbonyl (C=O) groups is 3. The van der Waals surface area contributed by atoms with Crippen LogP contribution in [0.1, 0.15) is 32.1 Å². The summed E-state index contributed by atoms with van der Waals surface area (Å²) in [6.45, 7) is -0.604. The topological polar surface area (TPSA) is 77.9 Å². The van der Waals surface area contributed by atoms with Crippen LogP contribution in [0.5, 0.6) is 0 Å². The monoisotopic (exact) mass is 350 g/mol. The Hall–Kier alpha value is -1.80. The first-order chi connectivity index (χ1) is 11.2. The molecule has 0 aliphatic carbocycles. The number of nitrogens with zero attached hydrogens (tertiary/aromatic N) is 2. The van der Waals surface area contributed by atoms with Crippen LogP contribution in [0.25, 0.3) is 0 Å². The van der Waals surface area contributed by atoms with E-state index in [0.717, 1.165) is 12.8 Å². The van der Waals surface area contributed by atoms with Crippen molar-refractivity contribution in [3.05, 3.63) is 0 Å². The van der Waals surface area contributed by atoms with E-state index >= 15 is 0 Å². The number of hydrogen-bond acceptors (Lipinski definition) is 3. The van der Waals surface area contributed by atoms with Gasteiger partial charge in [0.2, 0.25) is 11.8 Å². The van der Waals surface area contributed by atoms with Crippen molar-refractivity contribution in [2.45, 2.75) is 38.3 Å². The third-order valence-corrected chi connectivity index (χ3v) is 4.53. The second kappa shape index (κ2) is 7.40. The lowest BCUT2D eigenvalue weighted by Crippen LogP contribution is -2.44. The zero-order chi connectivity index (χ0) is 17.9. The molecule has 2 atom stereocenters. The van der Waals surface area contributed by atoms with Crippen molar-refractivity contribution in [2.24, 2.45) is 11.8 Å². The highest BCUT2D eigenvalue weighted by Crippen LogP contribution is 2.27. The predicted molar refractivity (Wildman–Crippen MR) is 76.9 cm³/mol. The number of carboxylic acid groups (broad SMARTS) is 1. The standard InChI is InChI=1S/C15H21F3N2O4/c16-15(17,18)9-20-8-11(6-12(20)21)14(24)19-5-1-2-10(7-19)3-4-13(22)23/h10-11H,1-9H2,(H,22,23)/t10-,11-/m0/s1. The molecule has 0 aromatic heterocycles. The number of rotatable bonds is 5. The first kappa shape index (κ1) is 18.5. The quantitative estimate of drug-likeness (QED) is 0.815. The van der Waals surface area contributed by atoms with Crippen molar-refractivity contribution in [1.82, 2.24) is 9.80 Å². The van der Waals surface area contributed by atoms with Crippen LogP contribution in [0.3, 0.4) is 0 Å². The van der Waals surface area contributed by atoms with Gasteiger partial charge in [0.1, 0.15) is 6.54 Å². The molecule has 2 saturated heterocycles. The number of alkyl halides is 3. The average molecular weight is 350 g/mol. The van der Waals surface area contributed by atoms with Crippen molar-refractivity contribution in [1.29, 1.82) is 0 Å². The molecule has 24 heavy (non-hydrogen) atoms. The van der Waals surface area contributed by atoms with E-state index in [9.17, 15) is 27.6 Å². The van der Waals surface area contributed by atoms with E-state index in [4.69, 9.17) is 5.11 Å². The highest BCUT2D eigenvalue weighted by molar-refractivity contribution is 5.89. The Morgan fingerprint density at radius 1 is 1.25 bits per heavy atom. The second-order valence-corrected chi connectivity index (χ2v) is 6.52. The third-order valence-electron chi connectivity index (χ3n) is 4.53. The summed E-state index contributed by atoms with van der Waals surface area (Å²) in [5.74, 6) is -2.49. The Labute approximate surface area is 137 Å². The van der Waals surface area contributed by atoms with E-state index in [-0.39, 0.29) is 31.2 Å². The highest BCUT2D eigenvalue weighted by atomic mass is 19.4. The van der Waals surface area contributed by atoms with E-state index in [1.807, 2.05) is 0 Å². The van der Waals surface area contributed by atoms with Crippen molar-refractivity contribution in [2.75, 3.05) is 26.2 Å². The summed E-state index contributed by atoms with van der Waals surface area (Å²) < 4.78 is 37.3. The molecule has 1 N–H and O–H groups in total. The summed E-state index contributed by atoms with van der Waals surface area (Å²) in [5.41, 5.74) is 0. The first-order valence-electron chi connectivity index (χ1n) is 8.01. The lowest BCUT2D eigenvalue weighted by atomic mass is 9.92. The summed E-state index contributed by atoms with van der Waals surface area (Å²) in [6.07, 6.45) is -2.58. The molecule has 0 spiro atoms. The molecule has 2 heterocycles. The Bertz CT molecular complexity index is 509. The lowest BCUT2D eigenvalue weighted by molar-refractivity contribution is -0.157. The Balaban J connectivity index is 1.89. The number of aliphatic carboxylic acids is 1. The van der Waals surface area contributed by atoms with Gasteiger partial charge in [-0.1, -0.05) is 0 Å². The summed E-state index contributed by atoms with van der Waals surface area (Å²) in [6, 6.07) is 0. The highest BCUT2D eigenvalue weighted by Gasteiger charge is 2.42. The van der Waals surface area contributed by atoms with Crippen molar-refractivity contribution < 1.29 is 32.7 Å². The molecular formula is C15H21F3N2O4. The normalized spacial score (nSPS) is 25.2. The summed E-state index contributed by atoms with van der Waals surface area (Å²) in [4.78, 5) is 37.1. The number of hydrogen-bond donors (Lipinski definition) is 1. The van der Waals surface area contributed by atoms with Gasteiger partial charge in [-0.15, -0.1) is 0 Å². The molecule has 0 aromatic carbocycles. The SMILES string of the molecule is O=C(O)CC[C@@H]1CCCN(C(=O)[C@H]2CC(=O)N(CC(F)(F)F)C2)C1. The van der Waals surface area contributed by atoms with Crippen molar-refractivity contribution >= 4 is 17.8 Å². The van der Waals surface area contributed by atoms with Gasteiger partial charge >= 0.3 is 12.1 Å². The Morgan fingerprint density at radius 2 is 1.96 bits per heavy atom. The molecule has 2 aliphatic heterocycles. The van der Waals surface area contributed by atoms with E-state index in [1.165, 1.54) is 0 Å². The fourth-order valence-electron chi connectivity index (χ4n) is 3.39. The predicted octanol–water partition coefficient (Wildman–Crippen LogP) is 1.50. The number of amides is 2. The van der Waals surface area contributed by atoms with Crippen LogP contribution in [0, 0.1) is 11.8 Å². The maximum atomic E-state index is 12.5. The summed E-state index contributed by atoms with van der Waals surface area (Å²) >= 11 is 0. The van der Waals surface area contributed by atoms with Crippen LogP contribution < -0.4 is 0 Å². The fourth-order valence-corrected chi connectivity index (χ4v) is 3.39. The van der Waals surface area contributed by atoms with Gasteiger partial charge in [-0.25, -0.2) is 0 Å². The van der Waals surface area contributed by atoms with Gasteiger partial charge in [0.05, 0.1) is 5.92 Å². The van der Waals surface area contributed by atoms with E-state index in [0.29, 0.717) is 24.4 Å². The van der Waals surface area contributed by atoms with Crippen LogP contribution in [0.15, 0.2) is 0 Å². The van der Waals surface area contributed by atoms with Gasteiger partial charge in [0.25, 0.3) is 0 Å². The maximum absolute atomic E-state index is 12.5. The molecule has 2 amide bonds. The fraction of sp³-hybridized carbons (Fsp3) is 0.800. The number of piperidine rings is 1. The minimum absolute atomic E-state index is 0.0357. The third kappa shape index (κ3) is 5.10. The molecule has 2 aliphatic rings. The molecule has 2 rings (SSSR count). The first-order valence-corrected chi connectivity index (χ1v) is 8.01. The van der Waals surface area contributed by atoms with E-state index in [2.05, 4.69) is 0 Å². The minimum atomic E-state index is -4.47. The van der Waals surface area contributed by atoms with Crippen LogP contribution in [-0.4, -0.2) is 65.0 Å². The smallest absolute Gasteiger partial charge is 0.406 e. The van der Waals surface area contributed by atoms with Gasteiger partial charge in [0.15, 0.2) is 0 Å². The molecule has 0 saturated carbocycles. The molecule has 0 radical (unpaired) electrons. The summed E-state index contributed by atoms with van der Waals surface area (Å²) in [5, 5.41) is 8.73. The van der Waals surface area contributed by atoms with Crippen LogP contribution >= 0.6 is 0 Å². The Kier molecular flexibility index (Phi) is 5.71. The molecule has 0 bridgehead atoms. The molecule has 9 heteroatoms. The number of likely N-dealkylation sites (tertiary alicyclic amines) is 2. The van der Waals surface area contributed by atoms with Gasteiger partial charge in [-0.2, -0.15) is 13.2 Å². The Morgan fingerprint density at radius 3 is 2.58 bits per heavy atom. The molecule has 0 aromatic rings. The van der Waals surface area contributed by atoms with Crippen LogP contribution in [0.2, 0.25) is 0 Å². The summed E-state index contributed by atoms with van der Waals surface area (Å²) in [7, 11) is 0. The maximum Gasteiger partial charge on any atom is 0.406 e. The second-order valence-electron chi connectivity index (χ2n) is 6.52. The number of halogens is 3. The number of carboxylic acids is 1. The minimum Gasteiger partial charge on any atom is -0.481 e. The molecular weight excluding hydrogens is 329 g/mol. The van der Waals surface area contributed by atoms with Crippen molar-refractivity contribution in [3.63, 3.8) is 0 Å². The van der Waals surface area contributed by atoms with Gasteiger partial charge in [-0.3, -0.25) is 14.4 Å². The van der Waals surface area contributed by atoms with E-state index in [1.54, 1.807) is 4.90 Å². The molecule has 2 fully saturated rings. The van der Waals surface area contributed by atoms with E-state index < -0.39 is 30.5 Å². The van der Waals surface area contributed by atoms with Gasteiger partial charge in [0, 0.05) is 32.5 Å². The average Bonchev–Trinajstić information content (AvgIpc) is 2.84. The molecule has 6 nitrogen and oxygen atoms in total. The lowest BCUT2D eigenvalue weighted by Gasteiger charge is -2.34.